The molecule has 0 amide bonds. The molecule has 1 heterocycles. The van der Waals surface area contributed by atoms with Crippen LogP contribution in [0.2, 0.25) is 0 Å². The molecule has 0 aliphatic heterocycles. The van der Waals surface area contributed by atoms with E-state index in [-0.39, 0.29) is 11.6 Å². The summed E-state index contributed by atoms with van der Waals surface area (Å²) in [6.07, 6.45) is 1.93. The fourth-order valence-corrected chi connectivity index (χ4v) is 3.22. The Balaban J connectivity index is 2.66. The second kappa shape index (κ2) is 6.29. The van der Waals surface area contributed by atoms with Gasteiger partial charge in [-0.05, 0) is 61.2 Å². The molecule has 0 spiro atoms. The third-order valence-electron chi connectivity index (χ3n) is 3.01. The van der Waals surface area contributed by atoms with Gasteiger partial charge in [0.25, 0.3) is 0 Å². The second-order valence-electron chi connectivity index (χ2n) is 4.83. The van der Waals surface area contributed by atoms with Crippen LogP contribution in [0.25, 0.3) is 0 Å². The van der Waals surface area contributed by atoms with E-state index in [2.05, 4.69) is 48.2 Å². The van der Waals surface area contributed by atoms with Gasteiger partial charge in [-0.25, -0.2) is 0 Å². The van der Waals surface area contributed by atoms with Gasteiger partial charge in [-0.1, -0.05) is 0 Å². The van der Waals surface area contributed by atoms with Crippen molar-refractivity contribution in [2.45, 2.75) is 45.3 Å². The topological polar surface area (TPSA) is 47.3 Å². The van der Waals surface area contributed by atoms with Gasteiger partial charge < -0.3 is 4.74 Å². The van der Waals surface area contributed by atoms with Crippen molar-refractivity contribution in [3.63, 3.8) is 0 Å². The van der Waals surface area contributed by atoms with Crippen LogP contribution in [-0.2, 0) is 4.74 Å². The molecule has 1 aromatic heterocycles. The summed E-state index contributed by atoms with van der Waals surface area (Å²) in [6.45, 7) is 6.28. The summed E-state index contributed by atoms with van der Waals surface area (Å²) in [7, 11) is 1.75. The van der Waals surface area contributed by atoms with E-state index in [1.54, 1.807) is 18.4 Å². The van der Waals surface area contributed by atoms with Crippen LogP contribution >= 0.6 is 27.3 Å². The van der Waals surface area contributed by atoms with Crippen LogP contribution in [0.4, 0.5) is 0 Å². The fourth-order valence-electron chi connectivity index (χ4n) is 1.56. The molecule has 1 rings (SSSR count). The van der Waals surface area contributed by atoms with Crippen molar-refractivity contribution in [2.75, 3.05) is 7.11 Å². The molecule has 0 aromatic carbocycles. The van der Waals surface area contributed by atoms with E-state index in [1.165, 1.54) is 14.2 Å². The predicted octanol–water partition coefficient (Wildman–Crippen LogP) is 3.53. The maximum atomic E-state index is 5.64. The van der Waals surface area contributed by atoms with Crippen LogP contribution in [0.1, 0.15) is 43.2 Å². The summed E-state index contributed by atoms with van der Waals surface area (Å²) in [5.74, 6) is 5.64. The second-order valence-corrected chi connectivity index (χ2v) is 7.23. The molecule has 98 valence electrons. The molecule has 0 aliphatic carbocycles. The Morgan fingerprint density at radius 3 is 2.65 bits per heavy atom. The van der Waals surface area contributed by atoms with Gasteiger partial charge in [-0.15, -0.1) is 11.3 Å². The number of rotatable bonds is 6. The Kier molecular flexibility index (Phi) is 5.60. The van der Waals surface area contributed by atoms with Crippen molar-refractivity contribution >= 4 is 27.3 Å². The van der Waals surface area contributed by atoms with E-state index in [9.17, 15) is 0 Å². The van der Waals surface area contributed by atoms with E-state index in [0.29, 0.717) is 0 Å². The van der Waals surface area contributed by atoms with Crippen molar-refractivity contribution < 1.29 is 4.74 Å². The molecule has 1 aromatic rings. The van der Waals surface area contributed by atoms with E-state index in [1.807, 2.05) is 0 Å². The summed E-state index contributed by atoms with van der Waals surface area (Å²) in [6, 6.07) is 2.37. The Morgan fingerprint density at radius 1 is 1.59 bits per heavy atom. The molecule has 0 aliphatic rings. The number of nitrogens with one attached hydrogen (secondary N) is 1. The number of halogens is 1. The van der Waals surface area contributed by atoms with Crippen molar-refractivity contribution in [1.82, 2.24) is 5.43 Å². The molecule has 3 N–H and O–H groups in total. The standard InChI is InChI=1S/C12H21BrN2OS/c1-8-7-10(17-11(8)13)9(15-14)5-6-12(2,3)16-4/h7,9,15H,5-6,14H2,1-4H3. The first-order valence-corrected chi connectivity index (χ1v) is 7.27. The largest absolute Gasteiger partial charge is 0.379 e. The molecule has 0 radical (unpaired) electrons. The lowest BCUT2D eigenvalue weighted by molar-refractivity contribution is 0.0117. The quantitative estimate of drug-likeness (QED) is 0.622. The molecular formula is C12H21BrN2OS. The van der Waals surface area contributed by atoms with Gasteiger partial charge in [-0.3, -0.25) is 11.3 Å². The Bertz CT molecular complexity index is 346. The zero-order valence-corrected chi connectivity index (χ0v) is 13.2. The summed E-state index contributed by atoms with van der Waals surface area (Å²) in [5.41, 5.74) is 4.05. The normalized spacial score (nSPS) is 14.0. The Hall–Kier alpha value is 0.0600. The molecule has 1 unspecified atom stereocenters. The molecule has 0 bridgehead atoms. The lowest BCUT2D eigenvalue weighted by Crippen LogP contribution is -2.30. The summed E-state index contributed by atoms with van der Waals surface area (Å²) in [4.78, 5) is 1.27. The zero-order chi connectivity index (χ0) is 13.1. The SMILES string of the molecule is COC(C)(C)CCC(NN)c1cc(C)c(Br)s1. The maximum Gasteiger partial charge on any atom is 0.0731 e. The highest BCUT2D eigenvalue weighted by molar-refractivity contribution is 9.11. The molecule has 5 heteroatoms. The number of thiophene rings is 1. The van der Waals surface area contributed by atoms with Gasteiger partial charge in [0.05, 0.1) is 15.4 Å². The first-order chi connectivity index (χ1) is 7.89. The van der Waals surface area contributed by atoms with E-state index >= 15 is 0 Å². The highest BCUT2D eigenvalue weighted by Crippen LogP contribution is 2.34. The summed E-state index contributed by atoms with van der Waals surface area (Å²) < 4.78 is 6.60. The van der Waals surface area contributed by atoms with E-state index in [4.69, 9.17) is 10.6 Å². The van der Waals surface area contributed by atoms with Gasteiger partial charge in [0.2, 0.25) is 0 Å². The Labute approximate surface area is 116 Å². The Morgan fingerprint density at radius 2 is 2.24 bits per heavy atom. The third kappa shape index (κ3) is 4.34. The van der Waals surface area contributed by atoms with Crippen molar-refractivity contribution in [1.29, 1.82) is 0 Å². The molecular weight excluding hydrogens is 300 g/mol. The van der Waals surface area contributed by atoms with Crippen LogP contribution < -0.4 is 11.3 Å². The van der Waals surface area contributed by atoms with Gasteiger partial charge in [0.15, 0.2) is 0 Å². The monoisotopic (exact) mass is 320 g/mol. The number of ether oxygens (including phenoxy) is 1. The molecule has 0 saturated carbocycles. The number of hydrogen-bond acceptors (Lipinski definition) is 4. The lowest BCUT2D eigenvalue weighted by atomic mass is 9.98. The zero-order valence-electron chi connectivity index (χ0n) is 10.8. The van der Waals surface area contributed by atoms with Gasteiger partial charge >= 0.3 is 0 Å². The van der Waals surface area contributed by atoms with E-state index < -0.39 is 0 Å². The first-order valence-electron chi connectivity index (χ1n) is 5.66. The fraction of sp³-hybridized carbons (Fsp3) is 0.667. The van der Waals surface area contributed by atoms with Gasteiger partial charge in [0, 0.05) is 12.0 Å². The molecule has 0 saturated heterocycles. The van der Waals surface area contributed by atoms with Crippen LogP contribution in [-0.4, -0.2) is 12.7 Å². The van der Waals surface area contributed by atoms with Crippen molar-refractivity contribution in [3.05, 3.63) is 20.3 Å². The minimum Gasteiger partial charge on any atom is -0.379 e. The number of methoxy groups -OCH3 is 1. The van der Waals surface area contributed by atoms with Crippen molar-refractivity contribution in [3.8, 4) is 0 Å². The molecule has 1 atom stereocenters. The van der Waals surface area contributed by atoms with Crippen LogP contribution in [0.15, 0.2) is 9.85 Å². The smallest absolute Gasteiger partial charge is 0.0731 e. The van der Waals surface area contributed by atoms with Crippen molar-refractivity contribution in [2.24, 2.45) is 5.84 Å². The number of hydrogen-bond donors (Lipinski definition) is 2. The lowest BCUT2D eigenvalue weighted by Gasteiger charge is -2.25. The maximum absolute atomic E-state index is 5.64. The number of aryl methyl sites for hydroxylation is 1. The third-order valence-corrected chi connectivity index (χ3v) is 5.26. The summed E-state index contributed by atoms with van der Waals surface area (Å²) in [5, 5.41) is 0. The molecule has 17 heavy (non-hydrogen) atoms. The van der Waals surface area contributed by atoms with Gasteiger partial charge in [0.1, 0.15) is 0 Å². The van der Waals surface area contributed by atoms with Crippen LogP contribution in [0.5, 0.6) is 0 Å². The molecule has 3 nitrogen and oxygen atoms in total. The summed E-state index contributed by atoms with van der Waals surface area (Å²) >= 11 is 5.28. The average molecular weight is 321 g/mol. The minimum atomic E-state index is -0.0986. The van der Waals surface area contributed by atoms with E-state index in [0.717, 1.165) is 12.8 Å². The first kappa shape index (κ1) is 15.1. The van der Waals surface area contributed by atoms with Crippen LogP contribution in [0, 0.1) is 6.92 Å². The average Bonchev–Trinajstić information content (AvgIpc) is 2.60. The van der Waals surface area contributed by atoms with Gasteiger partial charge in [-0.2, -0.15) is 0 Å². The number of hydrazine groups is 1. The highest BCUT2D eigenvalue weighted by Gasteiger charge is 2.21. The number of nitrogens with two attached hydrogens (primary N) is 1. The van der Waals surface area contributed by atoms with Crippen LogP contribution in [0.3, 0.4) is 0 Å². The minimum absolute atomic E-state index is 0.0986. The molecule has 0 fully saturated rings. The predicted molar refractivity (Wildman–Crippen MR) is 77.1 cm³/mol. The highest BCUT2D eigenvalue weighted by atomic mass is 79.9.